The molecule has 0 aliphatic rings. The Balaban J connectivity index is 0.00000254. The monoisotopic (exact) mass is 340 g/mol. The first-order valence-corrected chi connectivity index (χ1v) is 8.53. The van der Waals surface area contributed by atoms with E-state index in [1.54, 1.807) is 0 Å². The number of rotatable bonds is 11. The highest BCUT2D eigenvalue weighted by Crippen LogP contribution is 2.10. The lowest BCUT2D eigenvalue weighted by molar-refractivity contribution is -0.126. The van der Waals surface area contributed by atoms with Gasteiger partial charge in [0.1, 0.15) is 6.61 Å². The van der Waals surface area contributed by atoms with Gasteiger partial charge in [0.05, 0.1) is 25.9 Å². The van der Waals surface area contributed by atoms with E-state index in [1.165, 1.54) is 0 Å². The second-order valence-corrected chi connectivity index (χ2v) is 5.04. The average molecular weight is 340 g/mol. The summed E-state index contributed by atoms with van der Waals surface area (Å²) in [5.74, 6) is -0.160. The fourth-order valence-corrected chi connectivity index (χ4v) is 2.08. The molecule has 1 unspecified atom stereocenters. The summed E-state index contributed by atoms with van der Waals surface area (Å²) in [5.41, 5.74) is 1.05. The van der Waals surface area contributed by atoms with E-state index in [0.29, 0.717) is 26.2 Å². The summed E-state index contributed by atoms with van der Waals surface area (Å²) in [5, 5.41) is 20.7. The van der Waals surface area contributed by atoms with E-state index in [-0.39, 0.29) is 31.8 Å². The highest BCUT2D eigenvalue weighted by atomic mass is 16.5. The molecule has 0 saturated carbocycles. The SMILES string of the molecule is CC.CC(NC(=O)COCCN(CCO)CCO)c1ccccc1. The molecule has 6 heteroatoms. The zero-order chi connectivity index (χ0) is 18.2. The van der Waals surface area contributed by atoms with Crippen molar-refractivity contribution in [2.24, 2.45) is 0 Å². The van der Waals surface area contributed by atoms with Gasteiger partial charge in [-0.2, -0.15) is 0 Å². The lowest BCUT2D eigenvalue weighted by Gasteiger charge is -2.20. The minimum Gasteiger partial charge on any atom is -0.395 e. The standard InChI is InChI=1S/C16H26N2O4.C2H6/c1-14(15-5-3-2-4-6-15)17-16(21)13-22-12-9-18(7-10-19)8-11-20;1-2/h2-6,14,19-20H,7-13H2,1H3,(H,17,21);1-2H3. The van der Waals surface area contributed by atoms with Crippen molar-refractivity contribution in [2.75, 3.05) is 46.1 Å². The fourth-order valence-electron chi connectivity index (χ4n) is 2.08. The molecule has 24 heavy (non-hydrogen) atoms. The molecule has 1 rings (SSSR count). The molecule has 0 bridgehead atoms. The molecule has 1 aromatic carbocycles. The number of benzene rings is 1. The van der Waals surface area contributed by atoms with Crippen molar-refractivity contribution in [1.82, 2.24) is 10.2 Å². The van der Waals surface area contributed by atoms with Crippen molar-refractivity contribution >= 4 is 5.91 Å². The fraction of sp³-hybridized carbons (Fsp3) is 0.611. The Morgan fingerprint density at radius 3 is 2.25 bits per heavy atom. The van der Waals surface area contributed by atoms with Gasteiger partial charge in [0.2, 0.25) is 5.91 Å². The zero-order valence-corrected chi connectivity index (χ0v) is 15.1. The maximum absolute atomic E-state index is 11.8. The van der Waals surface area contributed by atoms with E-state index >= 15 is 0 Å². The molecule has 1 aromatic rings. The van der Waals surface area contributed by atoms with Crippen molar-refractivity contribution in [3.05, 3.63) is 35.9 Å². The van der Waals surface area contributed by atoms with Gasteiger partial charge < -0.3 is 20.3 Å². The van der Waals surface area contributed by atoms with Crippen LogP contribution in [0.25, 0.3) is 0 Å². The topological polar surface area (TPSA) is 82.0 Å². The summed E-state index contributed by atoms with van der Waals surface area (Å²) in [6.45, 7) is 7.93. The molecule has 0 aromatic heterocycles. The first-order valence-electron chi connectivity index (χ1n) is 8.53. The van der Waals surface area contributed by atoms with Crippen LogP contribution in [-0.4, -0.2) is 67.1 Å². The first-order chi connectivity index (χ1) is 11.7. The van der Waals surface area contributed by atoms with Gasteiger partial charge in [-0.3, -0.25) is 9.69 Å². The van der Waals surface area contributed by atoms with Gasteiger partial charge >= 0.3 is 0 Å². The number of nitrogens with one attached hydrogen (secondary N) is 1. The van der Waals surface area contributed by atoms with Crippen LogP contribution in [0.3, 0.4) is 0 Å². The van der Waals surface area contributed by atoms with Crippen LogP contribution in [0.1, 0.15) is 32.4 Å². The number of carbonyl (C=O) groups is 1. The van der Waals surface area contributed by atoms with E-state index in [4.69, 9.17) is 14.9 Å². The summed E-state index contributed by atoms with van der Waals surface area (Å²) in [6.07, 6.45) is 0. The average Bonchev–Trinajstić information content (AvgIpc) is 2.61. The van der Waals surface area contributed by atoms with Gasteiger partial charge in [-0.1, -0.05) is 44.2 Å². The number of carbonyl (C=O) groups excluding carboxylic acids is 1. The van der Waals surface area contributed by atoms with Gasteiger partial charge in [-0.15, -0.1) is 0 Å². The van der Waals surface area contributed by atoms with Crippen LogP contribution in [0.5, 0.6) is 0 Å². The van der Waals surface area contributed by atoms with Crippen molar-refractivity contribution in [1.29, 1.82) is 0 Å². The third kappa shape index (κ3) is 10.3. The van der Waals surface area contributed by atoms with Crippen LogP contribution in [-0.2, 0) is 9.53 Å². The molecular weight excluding hydrogens is 308 g/mol. The molecule has 0 aliphatic carbocycles. The smallest absolute Gasteiger partial charge is 0.246 e. The van der Waals surface area contributed by atoms with Crippen molar-refractivity contribution in [2.45, 2.75) is 26.8 Å². The number of aliphatic hydroxyl groups excluding tert-OH is 2. The maximum Gasteiger partial charge on any atom is 0.246 e. The number of ether oxygens (including phenoxy) is 1. The molecular formula is C18H32N2O4. The van der Waals surface area contributed by atoms with E-state index in [1.807, 2.05) is 56.0 Å². The Kier molecular flexibility index (Phi) is 14.2. The maximum atomic E-state index is 11.8. The van der Waals surface area contributed by atoms with Gasteiger partial charge in [0.15, 0.2) is 0 Å². The van der Waals surface area contributed by atoms with Crippen LogP contribution < -0.4 is 5.32 Å². The van der Waals surface area contributed by atoms with Gasteiger partial charge in [-0.05, 0) is 12.5 Å². The van der Waals surface area contributed by atoms with Gasteiger partial charge in [0.25, 0.3) is 0 Å². The molecule has 3 N–H and O–H groups in total. The van der Waals surface area contributed by atoms with E-state index in [0.717, 1.165) is 5.56 Å². The van der Waals surface area contributed by atoms with Crippen LogP contribution in [0.4, 0.5) is 0 Å². The summed E-state index contributed by atoms with van der Waals surface area (Å²) >= 11 is 0. The third-order valence-corrected chi connectivity index (χ3v) is 3.29. The van der Waals surface area contributed by atoms with E-state index in [2.05, 4.69) is 5.32 Å². The largest absolute Gasteiger partial charge is 0.395 e. The number of amides is 1. The normalized spacial score (nSPS) is 11.6. The number of hydrogen-bond acceptors (Lipinski definition) is 5. The van der Waals surface area contributed by atoms with E-state index < -0.39 is 0 Å². The number of hydrogen-bond donors (Lipinski definition) is 3. The molecule has 138 valence electrons. The predicted molar refractivity (Wildman–Crippen MR) is 95.8 cm³/mol. The van der Waals surface area contributed by atoms with Gasteiger partial charge in [0, 0.05) is 19.6 Å². The summed E-state index contributed by atoms with van der Waals surface area (Å²) in [7, 11) is 0. The lowest BCUT2D eigenvalue weighted by Crippen LogP contribution is -2.34. The molecule has 0 fully saturated rings. The third-order valence-electron chi connectivity index (χ3n) is 3.29. The first kappa shape index (κ1) is 22.5. The Bertz CT molecular complexity index is 409. The van der Waals surface area contributed by atoms with Crippen LogP contribution in [0.2, 0.25) is 0 Å². The number of nitrogens with zero attached hydrogens (tertiary/aromatic N) is 1. The minimum atomic E-state index is -0.160. The highest BCUT2D eigenvalue weighted by molar-refractivity contribution is 5.77. The van der Waals surface area contributed by atoms with Crippen molar-refractivity contribution in [3.8, 4) is 0 Å². The zero-order valence-electron chi connectivity index (χ0n) is 15.1. The van der Waals surface area contributed by atoms with Crippen molar-refractivity contribution < 1.29 is 19.7 Å². The second kappa shape index (κ2) is 15.1. The highest BCUT2D eigenvalue weighted by Gasteiger charge is 2.09. The molecule has 1 atom stereocenters. The lowest BCUT2D eigenvalue weighted by atomic mass is 10.1. The quantitative estimate of drug-likeness (QED) is 0.527. The minimum absolute atomic E-state index is 0.00324. The molecule has 0 spiro atoms. The summed E-state index contributed by atoms with van der Waals surface area (Å²) < 4.78 is 5.34. The second-order valence-electron chi connectivity index (χ2n) is 5.04. The van der Waals surface area contributed by atoms with Crippen molar-refractivity contribution in [3.63, 3.8) is 0 Å². The molecule has 6 nitrogen and oxygen atoms in total. The molecule has 0 radical (unpaired) electrons. The van der Waals surface area contributed by atoms with Crippen LogP contribution in [0.15, 0.2) is 30.3 Å². The van der Waals surface area contributed by atoms with Crippen LogP contribution in [0, 0.1) is 0 Å². The summed E-state index contributed by atoms with van der Waals surface area (Å²) in [4.78, 5) is 13.7. The molecule has 1 amide bonds. The molecule has 0 heterocycles. The Hall–Kier alpha value is -1.47. The Morgan fingerprint density at radius 1 is 1.12 bits per heavy atom. The van der Waals surface area contributed by atoms with E-state index in [9.17, 15) is 4.79 Å². The Labute approximate surface area is 145 Å². The predicted octanol–water partition coefficient (Wildman–Crippen LogP) is 1.19. The van der Waals surface area contributed by atoms with Crippen LogP contribution >= 0.6 is 0 Å². The van der Waals surface area contributed by atoms with Gasteiger partial charge in [-0.25, -0.2) is 0 Å². The molecule has 0 aliphatic heterocycles. The number of aliphatic hydroxyl groups is 2. The summed E-state index contributed by atoms with van der Waals surface area (Å²) in [6, 6.07) is 9.68. The molecule has 0 saturated heterocycles. The Morgan fingerprint density at radius 2 is 1.71 bits per heavy atom.